The van der Waals surface area contributed by atoms with Crippen molar-refractivity contribution in [3.63, 3.8) is 0 Å². The molecule has 108 valence electrons. The third-order valence-corrected chi connectivity index (χ3v) is 5.48. The van der Waals surface area contributed by atoms with Crippen LogP contribution >= 0.6 is 15.9 Å². The van der Waals surface area contributed by atoms with Gasteiger partial charge in [-0.25, -0.2) is 8.42 Å². The summed E-state index contributed by atoms with van der Waals surface area (Å²) in [5.74, 6) is 0.378. The van der Waals surface area contributed by atoms with Crippen molar-refractivity contribution < 1.29 is 8.42 Å². The molecule has 1 saturated carbocycles. The molecule has 1 aliphatic rings. The van der Waals surface area contributed by atoms with E-state index >= 15 is 0 Å². The van der Waals surface area contributed by atoms with Gasteiger partial charge in [0.25, 0.3) is 0 Å². The Morgan fingerprint density at radius 1 is 1.30 bits per heavy atom. The van der Waals surface area contributed by atoms with Crippen molar-refractivity contribution in [3.8, 4) is 6.07 Å². The van der Waals surface area contributed by atoms with Crippen LogP contribution in [0.2, 0.25) is 0 Å². The molecule has 0 radical (unpaired) electrons. The van der Waals surface area contributed by atoms with Crippen LogP contribution in [0.25, 0.3) is 0 Å². The number of hydrogen-bond donors (Lipinski definition) is 1. The Labute approximate surface area is 128 Å². The van der Waals surface area contributed by atoms with Gasteiger partial charge < -0.3 is 0 Å². The topological polar surface area (TPSA) is 70.0 Å². The maximum absolute atomic E-state index is 12.2. The molecule has 0 saturated heterocycles. The summed E-state index contributed by atoms with van der Waals surface area (Å²) in [7, 11) is -3.41. The summed E-state index contributed by atoms with van der Waals surface area (Å²) in [5, 5.41) is 9.03. The summed E-state index contributed by atoms with van der Waals surface area (Å²) in [4.78, 5) is 0. The van der Waals surface area contributed by atoms with Gasteiger partial charge in [0.05, 0.1) is 17.0 Å². The second-order valence-electron chi connectivity index (χ2n) is 5.19. The second kappa shape index (κ2) is 6.59. The predicted octanol–water partition coefficient (Wildman–Crippen LogP) is 3.64. The molecule has 2 rings (SSSR count). The normalized spacial score (nSPS) is 16.6. The SMILES string of the molecule is N#Cc1ccc(Br)cc1NS(=O)(=O)CC1CCCCC1. The Kier molecular flexibility index (Phi) is 5.06. The second-order valence-corrected chi connectivity index (χ2v) is 7.87. The fraction of sp³-hybridized carbons (Fsp3) is 0.500. The maximum Gasteiger partial charge on any atom is 0.233 e. The molecular formula is C14H17BrN2O2S. The molecule has 0 heterocycles. The van der Waals surface area contributed by atoms with Gasteiger partial charge in [-0.1, -0.05) is 35.2 Å². The summed E-state index contributed by atoms with van der Waals surface area (Å²) >= 11 is 3.29. The zero-order valence-electron chi connectivity index (χ0n) is 11.1. The van der Waals surface area contributed by atoms with E-state index in [0.29, 0.717) is 11.3 Å². The van der Waals surface area contributed by atoms with Crippen LogP contribution in [0.1, 0.15) is 37.7 Å². The first-order valence-corrected chi connectivity index (χ1v) is 9.15. The highest BCUT2D eigenvalue weighted by Crippen LogP contribution is 2.27. The number of nitriles is 1. The molecule has 1 N–H and O–H groups in total. The molecule has 20 heavy (non-hydrogen) atoms. The Bertz CT molecular complexity index is 617. The van der Waals surface area contributed by atoms with Crippen LogP contribution in [0, 0.1) is 17.2 Å². The lowest BCUT2D eigenvalue weighted by molar-refractivity contribution is 0.385. The smallest absolute Gasteiger partial charge is 0.233 e. The molecule has 0 unspecified atom stereocenters. The van der Waals surface area contributed by atoms with Crippen LogP contribution in [-0.2, 0) is 10.0 Å². The Morgan fingerprint density at radius 3 is 2.65 bits per heavy atom. The minimum absolute atomic E-state index is 0.143. The number of benzene rings is 1. The number of halogens is 1. The van der Waals surface area contributed by atoms with Crippen LogP contribution in [0.5, 0.6) is 0 Å². The average Bonchev–Trinajstić information content (AvgIpc) is 2.39. The molecule has 0 atom stereocenters. The van der Waals surface area contributed by atoms with Crippen LogP contribution in [-0.4, -0.2) is 14.2 Å². The average molecular weight is 357 g/mol. The van der Waals surface area contributed by atoms with Crippen LogP contribution in [0.3, 0.4) is 0 Å². The molecule has 6 heteroatoms. The van der Waals surface area contributed by atoms with Gasteiger partial charge in [0.1, 0.15) is 6.07 Å². The molecule has 0 bridgehead atoms. The molecule has 0 spiro atoms. The number of nitrogens with one attached hydrogen (secondary N) is 1. The fourth-order valence-electron chi connectivity index (χ4n) is 2.57. The molecule has 0 aliphatic heterocycles. The third kappa shape index (κ3) is 4.22. The number of anilines is 1. The molecular weight excluding hydrogens is 340 g/mol. The Balaban J connectivity index is 2.11. The Morgan fingerprint density at radius 2 is 2.00 bits per heavy atom. The summed E-state index contributed by atoms with van der Waals surface area (Å²) in [6.45, 7) is 0. The standard InChI is InChI=1S/C14H17BrN2O2S/c15-13-7-6-12(9-16)14(8-13)17-20(18,19)10-11-4-2-1-3-5-11/h6-8,11,17H,1-5,10H2. The van der Waals surface area contributed by atoms with Crippen molar-refractivity contribution in [1.82, 2.24) is 0 Å². The lowest BCUT2D eigenvalue weighted by Crippen LogP contribution is -2.24. The molecule has 1 aromatic carbocycles. The van der Waals surface area contributed by atoms with Crippen LogP contribution in [0.4, 0.5) is 5.69 Å². The van der Waals surface area contributed by atoms with E-state index in [-0.39, 0.29) is 11.7 Å². The van der Waals surface area contributed by atoms with E-state index in [1.54, 1.807) is 18.2 Å². The highest BCUT2D eigenvalue weighted by Gasteiger charge is 2.22. The summed E-state index contributed by atoms with van der Waals surface area (Å²) in [5.41, 5.74) is 0.679. The Hall–Kier alpha value is -1.06. The van der Waals surface area contributed by atoms with E-state index < -0.39 is 10.0 Å². The van der Waals surface area contributed by atoms with E-state index in [9.17, 15) is 8.42 Å². The van der Waals surface area contributed by atoms with E-state index in [1.165, 1.54) is 6.42 Å². The van der Waals surface area contributed by atoms with Gasteiger partial charge in [0.2, 0.25) is 10.0 Å². The van der Waals surface area contributed by atoms with Crippen molar-refractivity contribution in [1.29, 1.82) is 5.26 Å². The minimum atomic E-state index is -3.41. The van der Waals surface area contributed by atoms with Crippen LogP contribution in [0.15, 0.2) is 22.7 Å². The van der Waals surface area contributed by atoms with Crippen molar-refractivity contribution in [2.45, 2.75) is 32.1 Å². The van der Waals surface area contributed by atoms with Gasteiger partial charge in [-0.3, -0.25) is 4.72 Å². The van der Waals surface area contributed by atoms with E-state index in [4.69, 9.17) is 5.26 Å². The van der Waals surface area contributed by atoms with Gasteiger partial charge >= 0.3 is 0 Å². The van der Waals surface area contributed by atoms with Crippen LogP contribution < -0.4 is 4.72 Å². The number of sulfonamides is 1. The monoisotopic (exact) mass is 356 g/mol. The van der Waals surface area contributed by atoms with Gasteiger partial charge in [-0.2, -0.15) is 5.26 Å². The van der Waals surface area contributed by atoms with E-state index in [0.717, 1.165) is 30.2 Å². The molecule has 4 nitrogen and oxygen atoms in total. The van der Waals surface area contributed by atoms with Gasteiger partial charge in [-0.15, -0.1) is 0 Å². The van der Waals surface area contributed by atoms with Crippen molar-refractivity contribution in [3.05, 3.63) is 28.2 Å². The molecule has 0 amide bonds. The lowest BCUT2D eigenvalue weighted by atomic mass is 9.91. The zero-order valence-corrected chi connectivity index (χ0v) is 13.5. The molecule has 0 aromatic heterocycles. The summed E-state index contributed by atoms with van der Waals surface area (Å²) in [6, 6.07) is 6.94. The lowest BCUT2D eigenvalue weighted by Gasteiger charge is -2.21. The minimum Gasteiger partial charge on any atom is -0.282 e. The summed E-state index contributed by atoms with van der Waals surface area (Å²) < 4.78 is 27.7. The summed E-state index contributed by atoms with van der Waals surface area (Å²) in [6.07, 6.45) is 5.38. The molecule has 1 aromatic rings. The quantitative estimate of drug-likeness (QED) is 0.894. The number of nitrogens with zero attached hydrogens (tertiary/aromatic N) is 1. The maximum atomic E-state index is 12.2. The van der Waals surface area contributed by atoms with Gasteiger partial charge in [0, 0.05) is 4.47 Å². The highest BCUT2D eigenvalue weighted by molar-refractivity contribution is 9.10. The predicted molar refractivity (Wildman–Crippen MR) is 82.8 cm³/mol. The van der Waals surface area contributed by atoms with Gasteiger partial charge in [-0.05, 0) is 37.0 Å². The highest BCUT2D eigenvalue weighted by atomic mass is 79.9. The van der Waals surface area contributed by atoms with Crippen molar-refractivity contribution in [2.75, 3.05) is 10.5 Å². The first-order chi connectivity index (χ1) is 9.50. The first kappa shape index (κ1) is 15.3. The molecule has 1 fully saturated rings. The molecule has 1 aliphatic carbocycles. The fourth-order valence-corrected chi connectivity index (χ4v) is 4.47. The van der Waals surface area contributed by atoms with Crippen molar-refractivity contribution in [2.24, 2.45) is 5.92 Å². The third-order valence-electron chi connectivity index (χ3n) is 3.55. The largest absolute Gasteiger partial charge is 0.282 e. The zero-order chi connectivity index (χ0) is 14.6. The first-order valence-electron chi connectivity index (χ1n) is 6.70. The van der Waals surface area contributed by atoms with Gasteiger partial charge in [0.15, 0.2) is 0 Å². The van der Waals surface area contributed by atoms with E-state index in [2.05, 4.69) is 20.7 Å². The van der Waals surface area contributed by atoms with E-state index in [1.807, 2.05) is 6.07 Å². The number of rotatable bonds is 4. The number of hydrogen-bond acceptors (Lipinski definition) is 3. The van der Waals surface area contributed by atoms with Crippen molar-refractivity contribution >= 4 is 31.6 Å².